The first-order valence-corrected chi connectivity index (χ1v) is 7.82. The molecule has 1 atom stereocenters. The van der Waals surface area contributed by atoms with Crippen LogP contribution in [0.15, 0.2) is 48.5 Å². The highest BCUT2D eigenvalue weighted by molar-refractivity contribution is 6.17. The van der Waals surface area contributed by atoms with Gasteiger partial charge in [0.25, 0.3) is 0 Å². The second-order valence-electron chi connectivity index (χ2n) is 5.53. The predicted octanol–water partition coefficient (Wildman–Crippen LogP) is 4.17. The van der Waals surface area contributed by atoms with E-state index in [1.54, 1.807) is 0 Å². The molecule has 21 heavy (non-hydrogen) atoms. The van der Waals surface area contributed by atoms with Gasteiger partial charge in [0.15, 0.2) is 0 Å². The lowest BCUT2D eigenvalue weighted by Crippen LogP contribution is -2.28. The average Bonchev–Trinajstić information content (AvgIpc) is 2.55. The summed E-state index contributed by atoms with van der Waals surface area (Å²) in [6, 6.07) is 16.1. The van der Waals surface area contributed by atoms with Crippen molar-refractivity contribution in [3.8, 4) is 0 Å². The van der Waals surface area contributed by atoms with Crippen LogP contribution in [0.5, 0.6) is 0 Å². The Balaban J connectivity index is 1.66. The third kappa shape index (κ3) is 3.27. The van der Waals surface area contributed by atoms with Gasteiger partial charge in [-0.25, -0.2) is 0 Å². The molecule has 2 aromatic rings. The van der Waals surface area contributed by atoms with Crippen molar-refractivity contribution in [1.29, 1.82) is 0 Å². The van der Waals surface area contributed by atoms with Crippen molar-refractivity contribution in [2.45, 2.75) is 25.1 Å². The highest BCUT2D eigenvalue weighted by Gasteiger charge is 2.24. The molecule has 0 fully saturated rings. The average molecular weight is 300 g/mol. The van der Waals surface area contributed by atoms with Crippen molar-refractivity contribution < 1.29 is 4.79 Å². The fourth-order valence-electron chi connectivity index (χ4n) is 2.84. The quantitative estimate of drug-likeness (QED) is 0.847. The number of aryl methyl sites for hydroxylation is 1. The Kier molecular flexibility index (Phi) is 4.26. The fraction of sp³-hybridized carbons (Fsp3) is 0.278. The Morgan fingerprint density at radius 1 is 1.10 bits per heavy atom. The molecule has 0 spiro atoms. The summed E-state index contributed by atoms with van der Waals surface area (Å²) >= 11 is 5.77. The molecule has 0 saturated carbocycles. The zero-order valence-corrected chi connectivity index (χ0v) is 12.6. The molecule has 1 amide bonds. The summed E-state index contributed by atoms with van der Waals surface area (Å²) < 4.78 is 0. The number of carbonyl (C=O) groups excluding carboxylic acids is 1. The number of anilines is 1. The molecule has 3 heteroatoms. The maximum atomic E-state index is 12.4. The zero-order chi connectivity index (χ0) is 14.7. The molecule has 0 aliphatic heterocycles. The van der Waals surface area contributed by atoms with E-state index in [0.717, 1.165) is 30.5 Å². The first-order chi connectivity index (χ1) is 10.3. The molecule has 0 radical (unpaired) electrons. The van der Waals surface area contributed by atoms with Gasteiger partial charge in [0.2, 0.25) is 5.91 Å². The van der Waals surface area contributed by atoms with E-state index in [9.17, 15) is 4.79 Å². The van der Waals surface area contributed by atoms with Gasteiger partial charge in [-0.05, 0) is 48.1 Å². The predicted molar refractivity (Wildman–Crippen MR) is 86.6 cm³/mol. The van der Waals surface area contributed by atoms with Gasteiger partial charge in [-0.15, -0.1) is 11.6 Å². The van der Waals surface area contributed by atoms with Crippen LogP contribution in [0.3, 0.4) is 0 Å². The van der Waals surface area contributed by atoms with Crippen molar-refractivity contribution in [3.63, 3.8) is 0 Å². The van der Waals surface area contributed by atoms with E-state index in [1.165, 1.54) is 11.1 Å². The Hall–Kier alpha value is -1.80. The fourth-order valence-corrected chi connectivity index (χ4v) is 3.02. The molecular weight excluding hydrogens is 282 g/mol. The number of carbonyl (C=O) groups is 1. The number of nitrogens with one attached hydrogen (secondary N) is 1. The van der Waals surface area contributed by atoms with Gasteiger partial charge in [-0.1, -0.05) is 36.4 Å². The molecular formula is C18H18ClNO. The first-order valence-electron chi connectivity index (χ1n) is 7.29. The van der Waals surface area contributed by atoms with E-state index in [-0.39, 0.29) is 11.8 Å². The third-order valence-electron chi connectivity index (χ3n) is 4.09. The molecule has 2 nitrogen and oxygen atoms in total. The Morgan fingerprint density at radius 2 is 1.81 bits per heavy atom. The number of hydrogen-bond donors (Lipinski definition) is 1. The Bertz CT molecular complexity index is 636. The van der Waals surface area contributed by atoms with Crippen molar-refractivity contribution in [1.82, 2.24) is 0 Å². The van der Waals surface area contributed by atoms with Gasteiger partial charge in [0, 0.05) is 17.5 Å². The molecule has 1 unspecified atom stereocenters. The van der Waals surface area contributed by atoms with Crippen LogP contribution in [0, 0.1) is 5.92 Å². The van der Waals surface area contributed by atoms with Crippen LogP contribution in [-0.4, -0.2) is 5.91 Å². The molecule has 1 aliphatic carbocycles. The third-order valence-corrected chi connectivity index (χ3v) is 4.40. The van der Waals surface area contributed by atoms with Gasteiger partial charge >= 0.3 is 0 Å². The van der Waals surface area contributed by atoms with Crippen LogP contribution < -0.4 is 5.32 Å². The lowest BCUT2D eigenvalue weighted by molar-refractivity contribution is -0.120. The maximum absolute atomic E-state index is 12.4. The highest BCUT2D eigenvalue weighted by Crippen LogP contribution is 2.26. The number of benzene rings is 2. The number of hydrogen-bond acceptors (Lipinski definition) is 1. The summed E-state index contributed by atoms with van der Waals surface area (Å²) in [7, 11) is 0. The maximum Gasteiger partial charge on any atom is 0.227 e. The van der Waals surface area contributed by atoms with E-state index in [1.807, 2.05) is 30.3 Å². The van der Waals surface area contributed by atoms with Crippen molar-refractivity contribution in [3.05, 3.63) is 65.2 Å². The SMILES string of the molecule is O=C(Nc1ccc(CCl)cc1)C1CCc2ccccc2C1. The number of halogens is 1. The van der Waals surface area contributed by atoms with Gasteiger partial charge in [-0.3, -0.25) is 4.79 Å². The van der Waals surface area contributed by atoms with E-state index in [0.29, 0.717) is 5.88 Å². The molecule has 0 heterocycles. The van der Waals surface area contributed by atoms with Crippen molar-refractivity contribution in [2.75, 3.05) is 5.32 Å². The smallest absolute Gasteiger partial charge is 0.227 e. The van der Waals surface area contributed by atoms with Crippen LogP contribution in [0.1, 0.15) is 23.1 Å². The second-order valence-corrected chi connectivity index (χ2v) is 5.80. The van der Waals surface area contributed by atoms with Crippen molar-refractivity contribution >= 4 is 23.2 Å². The minimum absolute atomic E-state index is 0.0626. The van der Waals surface area contributed by atoms with Crippen LogP contribution in [-0.2, 0) is 23.5 Å². The summed E-state index contributed by atoms with van der Waals surface area (Å²) in [5.74, 6) is 0.670. The van der Waals surface area contributed by atoms with E-state index in [4.69, 9.17) is 11.6 Å². The molecule has 0 bridgehead atoms. The van der Waals surface area contributed by atoms with Gasteiger partial charge in [0.05, 0.1) is 0 Å². The molecule has 0 aromatic heterocycles. The molecule has 3 rings (SSSR count). The Morgan fingerprint density at radius 3 is 2.52 bits per heavy atom. The van der Waals surface area contributed by atoms with E-state index >= 15 is 0 Å². The summed E-state index contributed by atoms with van der Waals surface area (Å²) in [4.78, 5) is 12.4. The van der Waals surface area contributed by atoms with Gasteiger partial charge in [-0.2, -0.15) is 0 Å². The number of rotatable bonds is 3. The van der Waals surface area contributed by atoms with Crippen LogP contribution in [0.25, 0.3) is 0 Å². The van der Waals surface area contributed by atoms with E-state index < -0.39 is 0 Å². The van der Waals surface area contributed by atoms with Crippen molar-refractivity contribution in [2.24, 2.45) is 5.92 Å². The first kappa shape index (κ1) is 14.2. The monoisotopic (exact) mass is 299 g/mol. The molecule has 1 aliphatic rings. The topological polar surface area (TPSA) is 29.1 Å². The molecule has 2 aromatic carbocycles. The van der Waals surface area contributed by atoms with Crippen LogP contribution >= 0.6 is 11.6 Å². The minimum atomic E-state index is 0.0626. The molecule has 1 N–H and O–H groups in total. The number of alkyl halides is 1. The van der Waals surface area contributed by atoms with Gasteiger partial charge < -0.3 is 5.32 Å². The largest absolute Gasteiger partial charge is 0.326 e. The number of amides is 1. The Labute approximate surface area is 130 Å². The second kappa shape index (κ2) is 6.31. The lowest BCUT2D eigenvalue weighted by Gasteiger charge is -2.23. The normalized spacial score (nSPS) is 17.1. The van der Waals surface area contributed by atoms with Crippen LogP contribution in [0.2, 0.25) is 0 Å². The lowest BCUT2D eigenvalue weighted by atomic mass is 9.83. The summed E-state index contributed by atoms with van der Waals surface area (Å²) in [5.41, 5.74) is 4.59. The highest BCUT2D eigenvalue weighted by atomic mass is 35.5. The summed E-state index contributed by atoms with van der Waals surface area (Å²) in [6.45, 7) is 0. The van der Waals surface area contributed by atoms with Crippen LogP contribution in [0.4, 0.5) is 5.69 Å². The standard InChI is InChI=1S/C18H18ClNO/c19-12-13-5-9-17(10-6-13)20-18(21)16-8-7-14-3-1-2-4-15(14)11-16/h1-6,9-10,16H,7-8,11-12H2,(H,20,21). The molecule has 108 valence electrons. The number of fused-ring (bicyclic) bond motifs is 1. The van der Waals surface area contributed by atoms with E-state index in [2.05, 4.69) is 23.5 Å². The minimum Gasteiger partial charge on any atom is -0.326 e. The summed E-state index contributed by atoms with van der Waals surface area (Å²) in [6.07, 6.45) is 2.74. The zero-order valence-electron chi connectivity index (χ0n) is 11.8. The van der Waals surface area contributed by atoms with Gasteiger partial charge in [0.1, 0.15) is 0 Å². The summed E-state index contributed by atoms with van der Waals surface area (Å²) in [5, 5.41) is 3.01. The molecule has 0 saturated heterocycles.